The van der Waals surface area contributed by atoms with Gasteiger partial charge in [-0.15, -0.1) is 0 Å². The molecule has 0 aliphatic carbocycles. The summed E-state index contributed by atoms with van der Waals surface area (Å²) in [7, 11) is 0. The van der Waals surface area contributed by atoms with Crippen molar-refractivity contribution in [3.63, 3.8) is 0 Å². The van der Waals surface area contributed by atoms with Crippen LogP contribution in [-0.4, -0.2) is 16.3 Å². The lowest BCUT2D eigenvalue weighted by molar-refractivity contribution is 1.04. The number of rotatable bonds is 2. The molecule has 5 heteroatoms. The van der Waals surface area contributed by atoms with Crippen LogP contribution >= 0.6 is 12.2 Å². The second-order valence-electron chi connectivity index (χ2n) is 2.47. The highest BCUT2D eigenvalue weighted by molar-refractivity contribution is 7.80. The van der Waals surface area contributed by atoms with Crippen molar-refractivity contribution in [2.45, 2.75) is 6.92 Å². The van der Waals surface area contributed by atoms with Gasteiger partial charge < -0.3 is 5.73 Å². The highest BCUT2D eigenvalue weighted by atomic mass is 32.1. The van der Waals surface area contributed by atoms with E-state index in [-0.39, 0.29) is 5.11 Å². The van der Waals surface area contributed by atoms with Gasteiger partial charge in [-0.1, -0.05) is 0 Å². The van der Waals surface area contributed by atoms with E-state index in [4.69, 9.17) is 5.73 Å². The Hall–Kier alpha value is -1.49. The van der Waals surface area contributed by atoms with Crippen molar-refractivity contribution in [2.24, 2.45) is 10.8 Å². The van der Waals surface area contributed by atoms with Gasteiger partial charge in [0.1, 0.15) is 0 Å². The Labute approximate surface area is 81.9 Å². The Morgan fingerprint density at radius 1 is 1.77 bits per heavy atom. The summed E-state index contributed by atoms with van der Waals surface area (Å²) in [5.41, 5.74) is 9.71. The quantitative estimate of drug-likeness (QED) is 0.410. The summed E-state index contributed by atoms with van der Waals surface area (Å²) in [6.07, 6.45) is 5.12. The molecule has 0 aliphatic heterocycles. The monoisotopic (exact) mass is 194 g/mol. The molecule has 0 saturated carbocycles. The smallest absolute Gasteiger partial charge is 0.184 e. The van der Waals surface area contributed by atoms with Crippen LogP contribution in [0.15, 0.2) is 23.6 Å². The van der Waals surface area contributed by atoms with Crippen molar-refractivity contribution in [2.75, 3.05) is 0 Å². The van der Waals surface area contributed by atoms with E-state index in [2.05, 4.69) is 27.7 Å². The Balaban J connectivity index is 2.68. The third-order valence-electron chi connectivity index (χ3n) is 1.44. The molecule has 0 radical (unpaired) electrons. The summed E-state index contributed by atoms with van der Waals surface area (Å²) in [6.45, 7) is 1.95. The van der Waals surface area contributed by atoms with Gasteiger partial charge >= 0.3 is 0 Å². The van der Waals surface area contributed by atoms with E-state index >= 15 is 0 Å². The normalized spacial score (nSPS) is 10.2. The van der Waals surface area contributed by atoms with Crippen LogP contribution in [0.25, 0.3) is 0 Å². The van der Waals surface area contributed by atoms with Gasteiger partial charge in [0.15, 0.2) is 5.11 Å². The minimum Gasteiger partial charge on any atom is -0.375 e. The lowest BCUT2D eigenvalue weighted by Crippen LogP contribution is -2.24. The van der Waals surface area contributed by atoms with Gasteiger partial charge in [-0.3, -0.25) is 10.4 Å². The Bertz CT molecular complexity index is 335. The molecule has 13 heavy (non-hydrogen) atoms. The summed E-state index contributed by atoms with van der Waals surface area (Å²) in [4.78, 5) is 3.96. The Morgan fingerprint density at radius 2 is 2.54 bits per heavy atom. The fraction of sp³-hybridized carbons (Fsp3) is 0.125. The highest BCUT2D eigenvalue weighted by Crippen LogP contribution is 2.00. The molecule has 68 valence electrons. The summed E-state index contributed by atoms with van der Waals surface area (Å²) in [5.74, 6) is 0. The van der Waals surface area contributed by atoms with E-state index in [1.165, 1.54) is 0 Å². The summed E-state index contributed by atoms with van der Waals surface area (Å²) in [6, 6.07) is 1.86. The zero-order valence-electron chi connectivity index (χ0n) is 7.19. The maximum atomic E-state index is 5.19. The predicted molar refractivity (Wildman–Crippen MR) is 56.5 cm³/mol. The first-order chi connectivity index (χ1) is 6.20. The Morgan fingerprint density at radius 3 is 3.15 bits per heavy atom. The fourth-order valence-electron chi connectivity index (χ4n) is 0.794. The first kappa shape index (κ1) is 9.60. The van der Waals surface area contributed by atoms with Gasteiger partial charge in [0.25, 0.3) is 0 Å². The lowest BCUT2D eigenvalue weighted by Gasteiger charge is -1.97. The first-order valence-electron chi connectivity index (χ1n) is 3.69. The summed E-state index contributed by atoms with van der Waals surface area (Å²) < 4.78 is 0. The SMILES string of the molecule is Cc1cnccc1C=NNC(N)=S. The molecular weight excluding hydrogens is 184 g/mol. The van der Waals surface area contributed by atoms with Crippen LogP contribution in [0.1, 0.15) is 11.1 Å². The number of hydrazone groups is 1. The summed E-state index contributed by atoms with van der Waals surface area (Å²) in [5, 5.41) is 3.99. The third kappa shape index (κ3) is 3.16. The van der Waals surface area contributed by atoms with Gasteiger partial charge in [0, 0.05) is 18.0 Å². The minimum atomic E-state index is 0.156. The molecule has 0 amide bonds. The molecule has 0 atom stereocenters. The third-order valence-corrected chi connectivity index (χ3v) is 1.53. The fourth-order valence-corrected chi connectivity index (χ4v) is 0.847. The van der Waals surface area contributed by atoms with Crippen LogP contribution in [-0.2, 0) is 0 Å². The number of pyridine rings is 1. The van der Waals surface area contributed by atoms with Gasteiger partial charge in [-0.25, -0.2) is 0 Å². The van der Waals surface area contributed by atoms with Crippen molar-refractivity contribution in [3.8, 4) is 0 Å². The molecule has 1 rings (SSSR count). The van der Waals surface area contributed by atoms with E-state index in [0.717, 1.165) is 11.1 Å². The molecule has 0 fully saturated rings. The number of aromatic nitrogens is 1. The molecule has 0 aromatic carbocycles. The number of thiocarbonyl (C=S) groups is 1. The molecule has 1 aromatic rings. The molecule has 0 saturated heterocycles. The van der Waals surface area contributed by atoms with Crippen LogP contribution in [0.3, 0.4) is 0 Å². The van der Waals surface area contributed by atoms with Crippen molar-refractivity contribution < 1.29 is 0 Å². The maximum Gasteiger partial charge on any atom is 0.184 e. The second kappa shape index (κ2) is 4.51. The standard InChI is InChI=1S/C8H10N4S/c1-6-4-10-3-2-7(6)5-11-12-8(9)13/h2-5H,1H3,(H3,9,12,13). The van der Waals surface area contributed by atoms with E-state index in [1.54, 1.807) is 18.6 Å². The largest absolute Gasteiger partial charge is 0.375 e. The number of hydrogen-bond acceptors (Lipinski definition) is 3. The lowest BCUT2D eigenvalue weighted by atomic mass is 10.2. The van der Waals surface area contributed by atoms with Crippen LogP contribution in [0, 0.1) is 6.92 Å². The Kier molecular flexibility index (Phi) is 3.33. The topological polar surface area (TPSA) is 63.3 Å². The predicted octanol–water partition coefficient (Wildman–Crippen LogP) is 0.557. The van der Waals surface area contributed by atoms with Crippen LogP contribution < -0.4 is 11.2 Å². The number of aryl methyl sites for hydroxylation is 1. The second-order valence-corrected chi connectivity index (χ2v) is 2.91. The average molecular weight is 194 g/mol. The number of nitrogens with zero attached hydrogens (tertiary/aromatic N) is 2. The molecule has 0 aliphatic rings. The van der Waals surface area contributed by atoms with Crippen molar-refractivity contribution in [1.29, 1.82) is 0 Å². The van der Waals surface area contributed by atoms with E-state index < -0.39 is 0 Å². The zero-order valence-corrected chi connectivity index (χ0v) is 8.01. The van der Waals surface area contributed by atoms with Gasteiger partial charge in [-0.2, -0.15) is 5.10 Å². The highest BCUT2D eigenvalue weighted by Gasteiger charge is 1.91. The van der Waals surface area contributed by atoms with E-state index in [1.807, 2.05) is 13.0 Å². The van der Waals surface area contributed by atoms with E-state index in [0.29, 0.717) is 0 Å². The van der Waals surface area contributed by atoms with Gasteiger partial charge in [0.2, 0.25) is 0 Å². The minimum absolute atomic E-state index is 0.156. The molecular formula is C8H10N4S. The number of nitrogens with one attached hydrogen (secondary N) is 1. The number of nitrogens with two attached hydrogens (primary N) is 1. The zero-order chi connectivity index (χ0) is 9.68. The van der Waals surface area contributed by atoms with Crippen LogP contribution in [0.2, 0.25) is 0 Å². The number of hydrogen-bond donors (Lipinski definition) is 2. The van der Waals surface area contributed by atoms with Crippen molar-refractivity contribution >= 4 is 23.5 Å². The molecule has 1 heterocycles. The molecule has 1 aromatic heterocycles. The molecule has 3 N–H and O–H groups in total. The molecule has 0 unspecified atom stereocenters. The van der Waals surface area contributed by atoms with Crippen LogP contribution in [0.5, 0.6) is 0 Å². The van der Waals surface area contributed by atoms with Crippen LogP contribution in [0.4, 0.5) is 0 Å². The first-order valence-corrected chi connectivity index (χ1v) is 4.10. The molecule has 0 spiro atoms. The maximum absolute atomic E-state index is 5.19. The average Bonchev–Trinajstić information content (AvgIpc) is 2.08. The molecule has 0 bridgehead atoms. The van der Waals surface area contributed by atoms with Crippen molar-refractivity contribution in [1.82, 2.24) is 10.4 Å². The van der Waals surface area contributed by atoms with Gasteiger partial charge in [-0.05, 0) is 30.8 Å². The van der Waals surface area contributed by atoms with Gasteiger partial charge in [0.05, 0.1) is 6.21 Å². The summed E-state index contributed by atoms with van der Waals surface area (Å²) >= 11 is 4.58. The van der Waals surface area contributed by atoms with E-state index in [9.17, 15) is 0 Å². The van der Waals surface area contributed by atoms with Crippen molar-refractivity contribution in [3.05, 3.63) is 29.6 Å². The molecule has 4 nitrogen and oxygen atoms in total.